The highest BCUT2D eigenvalue weighted by Crippen LogP contribution is 2.29. The summed E-state index contributed by atoms with van der Waals surface area (Å²) < 4.78 is 0. The Morgan fingerprint density at radius 1 is 1.35 bits per heavy atom. The van der Waals surface area contributed by atoms with Gasteiger partial charge in [-0.2, -0.15) is 0 Å². The second kappa shape index (κ2) is 5.96. The summed E-state index contributed by atoms with van der Waals surface area (Å²) in [7, 11) is 0. The van der Waals surface area contributed by atoms with Crippen molar-refractivity contribution >= 4 is 11.3 Å². The molecule has 1 saturated carbocycles. The fourth-order valence-electron chi connectivity index (χ4n) is 2.56. The SMILES string of the molecule is CCc1cnc(CNC2CCC(C)C(C)C2)s1. The predicted molar refractivity (Wildman–Crippen MR) is 74.3 cm³/mol. The normalized spacial score (nSPS) is 29.5. The minimum atomic E-state index is 0.704. The van der Waals surface area contributed by atoms with Crippen LogP contribution in [0.4, 0.5) is 0 Å². The molecule has 0 bridgehead atoms. The van der Waals surface area contributed by atoms with Crippen LogP contribution in [0.5, 0.6) is 0 Å². The summed E-state index contributed by atoms with van der Waals surface area (Å²) in [5, 5.41) is 4.92. The van der Waals surface area contributed by atoms with Crippen LogP contribution in [0.25, 0.3) is 0 Å². The number of hydrogen-bond acceptors (Lipinski definition) is 3. The van der Waals surface area contributed by atoms with E-state index in [4.69, 9.17) is 0 Å². The number of aryl methyl sites for hydroxylation is 1. The molecular formula is C14H24N2S. The molecule has 1 heterocycles. The van der Waals surface area contributed by atoms with Crippen molar-refractivity contribution in [2.75, 3.05) is 0 Å². The first kappa shape index (κ1) is 13.0. The Labute approximate surface area is 109 Å². The van der Waals surface area contributed by atoms with Gasteiger partial charge in [0.2, 0.25) is 0 Å². The molecule has 3 atom stereocenters. The molecule has 1 aliphatic carbocycles. The van der Waals surface area contributed by atoms with Gasteiger partial charge in [0.05, 0.1) is 0 Å². The van der Waals surface area contributed by atoms with Gasteiger partial charge >= 0.3 is 0 Å². The number of rotatable bonds is 4. The van der Waals surface area contributed by atoms with Crippen LogP contribution in [0.15, 0.2) is 6.20 Å². The first-order valence-electron chi connectivity index (χ1n) is 6.86. The summed E-state index contributed by atoms with van der Waals surface area (Å²) in [5.74, 6) is 1.77. The molecule has 1 aromatic heterocycles. The molecule has 2 nitrogen and oxygen atoms in total. The topological polar surface area (TPSA) is 24.9 Å². The summed E-state index contributed by atoms with van der Waals surface area (Å²) in [6.45, 7) is 7.91. The van der Waals surface area contributed by atoms with E-state index in [1.807, 2.05) is 17.5 Å². The van der Waals surface area contributed by atoms with Crippen LogP contribution in [0.3, 0.4) is 0 Å². The molecule has 0 aliphatic heterocycles. The molecule has 3 heteroatoms. The van der Waals surface area contributed by atoms with E-state index in [9.17, 15) is 0 Å². The maximum absolute atomic E-state index is 4.46. The van der Waals surface area contributed by atoms with Crippen molar-refractivity contribution in [1.29, 1.82) is 0 Å². The lowest BCUT2D eigenvalue weighted by Crippen LogP contribution is -2.35. The number of nitrogens with one attached hydrogen (secondary N) is 1. The van der Waals surface area contributed by atoms with Gasteiger partial charge in [0.1, 0.15) is 5.01 Å². The smallest absolute Gasteiger partial charge is 0.107 e. The molecule has 0 spiro atoms. The van der Waals surface area contributed by atoms with E-state index in [2.05, 4.69) is 31.1 Å². The molecule has 3 unspecified atom stereocenters. The molecule has 0 saturated heterocycles. The van der Waals surface area contributed by atoms with Gasteiger partial charge in [0, 0.05) is 23.7 Å². The minimum absolute atomic E-state index is 0.704. The van der Waals surface area contributed by atoms with Gasteiger partial charge in [-0.25, -0.2) is 4.98 Å². The third-order valence-electron chi connectivity index (χ3n) is 4.09. The van der Waals surface area contributed by atoms with Gasteiger partial charge in [-0.15, -0.1) is 11.3 Å². The fourth-order valence-corrected chi connectivity index (χ4v) is 3.37. The minimum Gasteiger partial charge on any atom is -0.308 e. The highest BCUT2D eigenvalue weighted by molar-refractivity contribution is 7.11. The van der Waals surface area contributed by atoms with Crippen molar-refractivity contribution in [3.05, 3.63) is 16.1 Å². The van der Waals surface area contributed by atoms with E-state index in [0.717, 1.165) is 24.8 Å². The Kier molecular flexibility index (Phi) is 4.57. The summed E-state index contributed by atoms with van der Waals surface area (Å²) in [4.78, 5) is 5.86. The molecule has 17 heavy (non-hydrogen) atoms. The lowest BCUT2D eigenvalue weighted by atomic mass is 9.79. The summed E-state index contributed by atoms with van der Waals surface area (Å²) in [5.41, 5.74) is 0. The van der Waals surface area contributed by atoms with Gasteiger partial charge in [-0.05, 0) is 37.5 Å². The zero-order chi connectivity index (χ0) is 12.3. The van der Waals surface area contributed by atoms with Crippen LogP contribution in [0.2, 0.25) is 0 Å². The van der Waals surface area contributed by atoms with Crippen molar-refractivity contribution in [3.8, 4) is 0 Å². The Hall–Kier alpha value is -0.410. The number of hydrogen-bond donors (Lipinski definition) is 1. The number of nitrogens with zero attached hydrogens (tertiary/aromatic N) is 1. The summed E-state index contributed by atoms with van der Waals surface area (Å²) >= 11 is 1.85. The van der Waals surface area contributed by atoms with E-state index >= 15 is 0 Å². The highest BCUT2D eigenvalue weighted by Gasteiger charge is 2.24. The third-order valence-corrected chi connectivity index (χ3v) is 5.23. The van der Waals surface area contributed by atoms with Crippen molar-refractivity contribution in [2.24, 2.45) is 11.8 Å². The highest BCUT2D eigenvalue weighted by atomic mass is 32.1. The van der Waals surface area contributed by atoms with Crippen LogP contribution in [0.1, 0.15) is 49.9 Å². The Morgan fingerprint density at radius 3 is 2.82 bits per heavy atom. The quantitative estimate of drug-likeness (QED) is 0.885. The first-order valence-corrected chi connectivity index (χ1v) is 7.67. The van der Waals surface area contributed by atoms with Crippen LogP contribution in [-0.4, -0.2) is 11.0 Å². The van der Waals surface area contributed by atoms with Crippen molar-refractivity contribution < 1.29 is 0 Å². The Bertz CT molecular complexity index is 348. The molecule has 1 N–H and O–H groups in total. The molecule has 1 aromatic rings. The van der Waals surface area contributed by atoms with Gasteiger partial charge in [0.15, 0.2) is 0 Å². The van der Waals surface area contributed by atoms with Gasteiger partial charge < -0.3 is 5.32 Å². The van der Waals surface area contributed by atoms with Crippen molar-refractivity contribution in [1.82, 2.24) is 10.3 Å². The summed E-state index contributed by atoms with van der Waals surface area (Å²) in [6.07, 6.45) is 7.16. The standard InChI is InChI=1S/C14H24N2S/c1-4-13-8-16-14(17-13)9-15-12-6-5-10(2)11(3)7-12/h8,10-12,15H,4-7,9H2,1-3H3. The molecule has 0 aromatic carbocycles. The van der Waals surface area contributed by atoms with Crippen LogP contribution >= 0.6 is 11.3 Å². The van der Waals surface area contributed by atoms with Crippen LogP contribution in [0, 0.1) is 11.8 Å². The van der Waals surface area contributed by atoms with E-state index in [-0.39, 0.29) is 0 Å². The van der Waals surface area contributed by atoms with E-state index in [1.165, 1.54) is 29.1 Å². The average Bonchev–Trinajstić information content (AvgIpc) is 2.79. The monoisotopic (exact) mass is 252 g/mol. The maximum Gasteiger partial charge on any atom is 0.107 e. The average molecular weight is 252 g/mol. The fraction of sp³-hybridized carbons (Fsp3) is 0.786. The van der Waals surface area contributed by atoms with Gasteiger partial charge in [-0.1, -0.05) is 20.8 Å². The predicted octanol–water partition coefficient (Wildman–Crippen LogP) is 3.62. The maximum atomic E-state index is 4.46. The number of aromatic nitrogens is 1. The molecule has 1 fully saturated rings. The molecule has 0 radical (unpaired) electrons. The lowest BCUT2D eigenvalue weighted by molar-refractivity contribution is 0.225. The van der Waals surface area contributed by atoms with E-state index in [1.54, 1.807) is 0 Å². The molecule has 96 valence electrons. The van der Waals surface area contributed by atoms with Crippen molar-refractivity contribution in [2.45, 2.75) is 59.0 Å². The second-order valence-electron chi connectivity index (χ2n) is 5.42. The Morgan fingerprint density at radius 2 is 2.18 bits per heavy atom. The Balaban J connectivity index is 1.78. The zero-order valence-electron chi connectivity index (χ0n) is 11.2. The summed E-state index contributed by atoms with van der Waals surface area (Å²) in [6, 6.07) is 0.704. The van der Waals surface area contributed by atoms with Crippen molar-refractivity contribution in [3.63, 3.8) is 0 Å². The molecule has 1 aliphatic rings. The van der Waals surface area contributed by atoms with Gasteiger partial charge in [-0.3, -0.25) is 0 Å². The molecular weight excluding hydrogens is 228 g/mol. The van der Waals surface area contributed by atoms with Gasteiger partial charge in [0.25, 0.3) is 0 Å². The molecule has 0 amide bonds. The first-order chi connectivity index (χ1) is 8.19. The second-order valence-corrected chi connectivity index (χ2v) is 6.62. The third kappa shape index (κ3) is 3.52. The largest absolute Gasteiger partial charge is 0.308 e. The van der Waals surface area contributed by atoms with Crippen LogP contribution in [-0.2, 0) is 13.0 Å². The number of thiazole rings is 1. The van der Waals surface area contributed by atoms with E-state index < -0.39 is 0 Å². The van der Waals surface area contributed by atoms with E-state index in [0.29, 0.717) is 6.04 Å². The molecule has 2 rings (SSSR count). The lowest BCUT2D eigenvalue weighted by Gasteiger charge is -2.32. The zero-order valence-corrected chi connectivity index (χ0v) is 12.0. The van der Waals surface area contributed by atoms with Crippen LogP contribution < -0.4 is 5.32 Å².